The number of aliphatic hydroxyl groups is 1. The quantitative estimate of drug-likeness (QED) is 0.688. The molecule has 0 radical (unpaired) electrons. The minimum absolute atomic E-state index is 0.00566. The summed E-state index contributed by atoms with van der Waals surface area (Å²) in [5, 5.41) is 10.7. The highest BCUT2D eigenvalue weighted by molar-refractivity contribution is 5.26. The maximum Gasteiger partial charge on any atom is 0.157 e. The maximum absolute atomic E-state index is 10.7. The van der Waals surface area contributed by atoms with Gasteiger partial charge in [-0.05, 0) is 93.8 Å². The summed E-state index contributed by atoms with van der Waals surface area (Å²) in [5.74, 6) is 2.32. The van der Waals surface area contributed by atoms with Crippen molar-refractivity contribution in [1.82, 2.24) is 0 Å². The van der Waals surface area contributed by atoms with Gasteiger partial charge >= 0.3 is 0 Å². The molecule has 152 valence electrons. The fraction of sp³-hybridized carbons (Fsp3) is 0.917. The molecule has 0 aromatic rings. The standard InChI is InChI=1S/C24H38O3/c1-23-12-4-5-20(23)19-10-8-17-7-9-18(27-22-6-2-3-14-26-22)15-24(17,16-25)21(19)11-13-23/h8,18-22,25H,2-7,9-16H2,1H3/t18?,19?,20?,21?,22?,23-,24+/m0/s1. The van der Waals surface area contributed by atoms with Crippen LogP contribution in [-0.2, 0) is 9.47 Å². The number of hydrogen-bond acceptors (Lipinski definition) is 3. The first-order chi connectivity index (χ1) is 13.1. The highest BCUT2D eigenvalue weighted by atomic mass is 16.7. The zero-order valence-electron chi connectivity index (χ0n) is 17.1. The number of ether oxygens (including phenoxy) is 2. The van der Waals surface area contributed by atoms with Crippen molar-refractivity contribution in [1.29, 1.82) is 0 Å². The van der Waals surface area contributed by atoms with Crippen LogP contribution in [0.4, 0.5) is 0 Å². The van der Waals surface area contributed by atoms with Crippen LogP contribution in [0.1, 0.15) is 84.0 Å². The number of allylic oxidation sites excluding steroid dienone is 1. The number of hydrogen-bond donors (Lipinski definition) is 1. The predicted octanol–water partition coefficient (Wildman–Crippen LogP) is 5.22. The van der Waals surface area contributed by atoms with E-state index in [0.717, 1.165) is 44.1 Å². The summed E-state index contributed by atoms with van der Waals surface area (Å²) in [6.45, 7) is 3.71. The summed E-state index contributed by atoms with van der Waals surface area (Å²) < 4.78 is 12.3. The van der Waals surface area contributed by atoms with Crippen molar-refractivity contribution in [2.75, 3.05) is 13.2 Å². The lowest BCUT2D eigenvalue weighted by molar-refractivity contribution is -0.204. The van der Waals surface area contributed by atoms with Crippen molar-refractivity contribution in [2.24, 2.45) is 28.6 Å². The maximum atomic E-state index is 10.7. The van der Waals surface area contributed by atoms with Gasteiger partial charge in [0.05, 0.1) is 12.7 Å². The van der Waals surface area contributed by atoms with Crippen LogP contribution in [0.5, 0.6) is 0 Å². The van der Waals surface area contributed by atoms with Gasteiger partial charge in [-0.25, -0.2) is 0 Å². The molecule has 4 aliphatic carbocycles. The van der Waals surface area contributed by atoms with Crippen LogP contribution in [-0.4, -0.2) is 30.7 Å². The Bertz CT molecular complexity index is 580. The molecule has 0 amide bonds. The van der Waals surface area contributed by atoms with E-state index in [1.54, 1.807) is 5.57 Å². The highest BCUT2D eigenvalue weighted by Crippen LogP contribution is 2.65. The smallest absolute Gasteiger partial charge is 0.157 e. The summed E-state index contributed by atoms with van der Waals surface area (Å²) in [5.41, 5.74) is 2.13. The molecule has 7 atom stereocenters. The molecule has 3 saturated carbocycles. The van der Waals surface area contributed by atoms with E-state index in [1.165, 1.54) is 51.4 Å². The van der Waals surface area contributed by atoms with Gasteiger partial charge in [0.25, 0.3) is 0 Å². The molecule has 0 aromatic carbocycles. The molecule has 0 aromatic heterocycles. The first-order valence-corrected chi connectivity index (χ1v) is 11.7. The lowest BCUT2D eigenvalue weighted by Gasteiger charge is -2.58. The van der Waals surface area contributed by atoms with E-state index >= 15 is 0 Å². The molecule has 1 saturated heterocycles. The Balaban J connectivity index is 1.38. The van der Waals surface area contributed by atoms with Gasteiger partial charge in [-0.15, -0.1) is 0 Å². The van der Waals surface area contributed by atoms with Gasteiger partial charge in [-0.1, -0.05) is 25.0 Å². The van der Waals surface area contributed by atoms with Gasteiger partial charge in [0.1, 0.15) is 0 Å². The van der Waals surface area contributed by atoms with Crippen LogP contribution < -0.4 is 0 Å². The summed E-state index contributed by atoms with van der Waals surface area (Å²) in [7, 11) is 0. The molecule has 1 aliphatic heterocycles. The van der Waals surface area contributed by atoms with Crippen LogP contribution in [0.2, 0.25) is 0 Å². The second-order valence-electron chi connectivity index (χ2n) is 10.5. The average molecular weight is 375 g/mol. The third-order valence-corrected chi connectivity index (χ3v) is 9.30. The lowest BCUT2D eigenvalue weighted by Crippen LogP contribution is -2.53. The van der Waals surface area contributed by atoms with Crippen molar-refractivity contribution in [3.05, 3.63) is 11.6 Å². The molecule has 5 aliphatic rings. The Morgan fingerprint density at radius 2 is 2.04 bits per heavy atom. The van der Waals surface area contributed by atoms with Crippen LogP contribution in [0, 0.1) is 28.6 Å². The van der Waals surface area contributed by atoms with Gasteiger partial charge in [0.15, 0.2) is 6.29 Å². The van der Waals surface area contributed by atoms with E-state index in [0.29, 0.717) is 17.9 Å². The SMILES string of the molecule is C[C@@]12CCCC1C1CC=C3CCC(OC4CCCCO4)C[C@]3(CO)C1CC2. The second-order valence-corrected chi connectivity index (χ2v) is 10.5. The van der Waals surface area contributed by atoms with E-state index in [2.05, 4.69) is 13.0 Å². The normalized spacial score (nSPS) is 49.7. The monoisotopic (exact) mass is 374 g/mol. The van der Waals surface area contributed by atoms with Crippen LogP contribution in [0.25, 0.3) is 0 Å². The molecule has 27 heavy (non-hydrogen) atoms. The average Bonchev–Trinajstić information content (AvgIpc) is 3.10. The number of fused-ring (bicyclic) bond motifs is 5. The minimum atomic E-state index is -0.00950. The first kappa shape index (κ1) is 18.6. The van der Waals surface area contributed by atoms with E-state index in [9.17, 15) is 5.11 Å². The third-order valence-electron chi connectivity index (χ3n) is 9.30. The Labute approximate surface area is 164 Å². The van der Waals surface area contributed by atoms with Gasteiger partial charge in [0.2, 0.25) is 0 Å². The fourth-order valence-electron chi connectivity index (χ4n) is 7.91. The Kier molecular flexibility index (Phi) is 4.93. The summed E-state index contributed by atoms with van der Waals surface area (Å²) in [4.78, 5) is 0. The molecule has 5 unspecified atom stereocenters. The molecule has 1 N–H and O–H groups in total. The molecule has 1 heterocycles. The zero-order valence-corrected chi connectivity index (χ0v) is 17.1. The zero-order chi connectivity index (χ0) is 18.5. The molecule has 3 nitrogen and oxygen atoms in total. The third kappa shape index (κ3) is 3.04. The molecule has 0 bridgehead atoms. The van der Waals surface area contributed by atoms with Crippen LogP contribution in [0.3, 0.4) is 0 Å². The molecule has 0 spiro atoms. The first-order valence-electron chi connectivity index (χ1n) is 11.7. The van der Waals surface area contributed by atoms with Gasteiger partial charge < -0.3 is 14.6 Å². The van der Waals surface area contributed by atoms with Crippen molar-refractivity contribution >= 4 is 0 Å². The highest BCUT2D eigenvalue weighted by Gasteiger charge is 2.57. The van der Waals surface area contributed by atoms with E-state index in [1.807, 2.05) is 0 Å². The van der Waals surface area contributed by atoms with Gasteiger partial charge in [-0.2, -0.15) is 0 Å². The Morgan fingerprint density at radius 3 is 2.85 bits per heavy atom. The Hall–Kier alpha value is -0.380. The second kappa shape index (κ2) is 7.15. The van der Waals surface area contributed by atoms with E-state index < -0.39 is 0 Å². The van der Waals surface area contributed by atoms with Gasteiger partial charge in [-0.3, -0.25) is 0 Å². The predicted molar refractivity (Wildman–Crippen MR) is 106 cm³/mol. The molecular formula is C24H38O3. The van der Waals surface area contributed by atoms with Crippen molar-refractivity contribution in [2.45, 2.75) is 96.4 Å². The van der Waals surface area contributed by atoms with Crippen LogP contribution in [0.15, 0.2) is 11.6 Å². The van der Waals surface area contributed by atoms with E-state index in [4.69, 9.17) is 9.47 Å². The lowest BCUT2D eigenvalue weighted by atomic mass is 9.47. The molecule has 4 fully saturated rings. The molecular weight excluding hydrogens is 336 g/mol. The van der Waals surface area contributed by atoms with E-state index in [-0.39, 0.29) is 17.8 Å². The summed E-state index contributed by atoms with van der Waals surface area (Å²) in [6.07, 6.45) is 17.7. The number of rotatable bonds is 3. The van der Waals surface area contributed by atoms with Crippen molar-refractivity contribution in [3.8, 4) is 0 Å². The van der Waals surface area contributed by atoms with Crippen molar-refractivity contribution < 1.29 is 14.6 Å². The van der Waals surface area contributed by atoms with Crippen molar-refractivity contribution in [3.63, 3.8) is 0 Å². The molecule has 3 heteroatoms. The van der Waals surface area contributed by atoms with Gasteiger partial charge in [0, 0.05) is 12.0 Å². The Morgan fingerprint density at radius 1 is 1.11 bits per heavy atom. The molecule has 5 rings (SSSR count). The summed E-state index contributed by atoms with van der Waals surface area (Å²) in [6, 6.07) is 0. The minimum Gasteiger partial charge on any atom is -0.395 e. The summed E-state index contributed by atoms with van der Waals surface area (Å²) >= 11 is 0. The number of aliphatic hydroxyl groups excluding tert-OH is 1. The topological polar surface area (TPSA) is 38.7 Å². The van der Waals surface area contributed by atoms with Crippen LogP contribution >= 0.6 is 0 Å². The fourth-order valence-corrected chi connectivity index (χ4v) is 7.91. The largest absolute Gasteiger partial charge is 0.395 e.